The minimum absolute atomic E-state index is 0.171. The summed E-state index contributed by atoms with van der Waals surface area (Å²) >= 11 is 0. The monoisotopic (exact) mass is 533 g/mol. The summed E-state index contributed by atoms with van der Waals surface area (Å²) in [6, 6.07) is 11.3. The maximum Gasteiger partial charge on any atom is 0.270 e. The molecule has 10 heteroatoms. The Morgan fingerprint density at radius 2 is 1.41 bits per heavy atom. The van der Waals surface area contributed by atoms with Gasteiger partial charge in [-0.05, 0) is 36.1 Å². The molecule has 2 bridgehead atoms. The number of aromatic nitrogens is 2. The molecule has 2 aliphatic rings. The Morgan fingerprint density at radius 3 is 1.95 bits per heavy atom. The van der Waals surface area contributed by atoms with Crippen molar-refractivity contribution in [3.05, 3.63) is 71.6 Å². The Bertz CT molecular complexity index is 1630. The highest BCUT2D eigenvalue weighted by Gasteiger charge is 2.50. The van der Waals surface area contributed by atoms with E-state index in [1.165, 1.54) is 12.1 Å². The highest BCUT2D eigenvalue weighted by Crippen LogP contribution is 2.34. The lowest BCUT2D eigenvalue weighted by molar-refractivity contribution is -0.138. The molecule has 2 aromatic heterocycles. The van der Waals surface area contributed by atoms with Gasteiger partial charge in [0.15, 0.2) is 0 Å². The van der Waals surface area contributed by atoms with Gasteiger partial charge < -0.3 is 25.1 Å². The Balaban J connectivity index is 1.17. The Hall–Kier alpha value is -4.21. The highest BCUT2D eigenvalue weighted by atomic mass is 19.1. The van der Waals surface area contributed by atoms with Crippen molar-refractivity contribution in [3.8, 4) is 0 Å². The fraction of sp³-hybridized carbons (Fsp3) is 0.345. The first-order chi connectivity index (χ1) is 18.5. The normalized spacial score (nSPS) is 19.7. The summed E-state index contributed by atoms with van der Waals surface area (Å²) < 4.78 is 28.3. The molecule has 0 saturated carbocycles. The number of benzene rings is 2. The van der Waals surface area contributed by atoms with E-state index in [4.69, 9.17) is 0 Å². The van der Waals surface area contributed by atoms with Crippen LogP contribution < -0.4 is 5.32 Å². The molecule has 2 fully saturated rings. The highest BCUT2D eigenvalue weighted by molar-refractivity contribution is 6.01. The molecule has 8 nitrogen and oxygen atoms in total. The van der Waals surface area contributed by atoms with Crippen LogP contribution in [0.1, 0.15) is 48.2 Å². The molecular formula is C29H29F2N5O3. The SMILES string of the molecule is CC(C)(C)C(NC(=O)c1cc2cccc(F)c2[nH]1)C(=O)N1CC2CC1CN2C(=O)c1cc2cccc(F)c2[nH]1. The van der Waals surface area contributed by atoms with Crippen LogP contribution in [0.2, 0.25) is 0 Å². The molecule has 6 rings (SSSR count). The summed E-state index contributed by atoms with van der Waals surface area (Å²) in [6.45, 7) is 6.34. The van der Waals surface area contributed by atoms with E-state index in [-0.39, 0.29) is 35.1 Å². The second-order valence-electron chi connectivity index (χ2n) is 11.5. The van der Waals surface area contributed by atoms with Crippen molar-refractivity contribution in [3.63, 3.8) is 0 Å². The molecule has 3 unspecified atom stereocenters. The second-order valence-corrected chi connectivity index (χ2v) is 11.5. The first-order valence-electron chi connectivity index (χ1n) is 13.0. The van der Waals surface area contributed by atoms with Crippen molar-refractivity contribution < 1.29 is 23.2 Å². The Labute approximate surface area is 223 Å². The second kappa shape index (κ2) is 8.93. The van der Waals surface area contributed by atoms with E-state index in [2.05, 4.69) is 15.3 Å². The fourth-order valence-corrected chi connectivity index (χ4v) is 5.84. The van der Waals surface area contributed by atoms with Crippen molar-refractivity contribution in [2.45, 2.75) is 45.3 Å². The van der Waals surface area contributed by atoms with Gasteiger partial charge in [0.1, 0.15) is 29.1 Å². The topological polar surface area (TPSA) is 101 Å². The molecule has 39 heavy (non-hydrogen) atoms. The van der Waals surface area contributed by atoms with Gasteiger partial charge in [-0.3, -0.25) is 14.4 Å². The van der Waals surface area contributed by atoms with Crippen LogP contribution in [0.15, 0.2) is 48.5 Å². The van der Waals surface area contributed by atoms with Gasteiger partial charge in [0.25, 0.3) is 11.8 Å². The molecule has 4 aromatic rings. The van der Waals surface area contributed by atoms with E-state index in [9.17, 15) is 23.2 Å². The molecule has 202 valence electrons. The number of hydrogen-bond acceptors (Lipinski definition) is 3. The number of nitrogens with one attached hydrogen (secondary N) is 3. The number of amides is 3. The predicted octanol–water partition coefficient (Wildman–Crippen LogP) is 4.20. The fourth-order valence-electron chi connectivity index (χ4n) is 5.84. The number of likely N-dealkylation sites (tertiary alicyclic amines) is 2. The van der Waals surface area contributed by atoms with Crippen LogP contribution in [0.4, 0.5) is 8.78 Å². The van der Waals surface area contributed by atoms with Crippen molar-refractivity contribution in [1.82, 2.24) is 25.1 Å². The van der Waals surface area contributed by atoms with Crippen LogP contribution >= 0.6 is 0 Å². The van der Waals surface area contributed by atoms with Gasteiger partial charge in [-0.2, -0.15) is 0 Å². The predicted molar refractivity (Wildman–Crippen MR) is 142 cm³/mol. The van der Waals surface area contributed by atoms with Gasteiger partial charge in [-0.1, -0.05) is 45.0 Å². The average Bonchev–Trinajstić information content (AvgIpc) is 3.68. The number of fused-ring (bicyclic) bond motifs is 4. The lowest BCUT2D eigenvalue weighted by Gasteiger charge is -2.39. The summed E-state index contributed by atoms with van der Waals surface area (Å²) in [5.74, 6) is -1.81. The number of hydrogen-bond donors (Lipinski definition) is 3. The van der Waals surface area contributed by atoms with Crippen LogP contribution in [-0.2, 0) is 4.79 Å². The van der Waals surface area contributed by atoms with Gasteiger partial charge in [0.05, 0.1) is 23.1 Å². The molecule has 0 aliphatic carbocycles. The summed E-state index contributed by atoms with van der Waals surface area (Å²) in [7, 11) is 0. The van der Waals surface area contributed by atoms with Crippen molar-refractivity contribution in [2.24, 2.45) is 5.41 Å². The zero-order chi connectivity index (χ0) is 27.6. The lowest BCUT2D eigenvalue weighted by atomic mass is 9.85. The van der Waals surface area contributed by atoms with E-state index in [1.807, 2.05) is 20.8 Å². The van der Waals surface area contributed by atoms with E-state index >= 15 is 0 Å². The third-order valence-corrected chi connectivity index (χ3v) is 7.86. The Morgan fingerprint density at radius 1 is 0.872 bits per heavy atom. The summed E-state index contributed by atoms with van der Waals surface area (Å²) in [5, 5.41) is 4.06. The van der Waals surface area contributed by atoms with Crippen LogP contribution in [0.5, 0.6) is 0 Å². The standard InChI is InChI=1S/C29H29F2N5O3/c1-29(2,3)25(34-26(37)21-10-15-6-4-8-19(30)23(15)32-21)28(39)36-14-17-12-18(36)13-35(17)27(38)22-11-16-7-5-9-20(31)24(16)33-22/h4-11,17-18,25,32-33H,12-14H2,1-3H3,(H,34,37). The molecule has 4 heterocycles. The number of para-hydroxylation sites is 2. The third-order valence-electron chi connectivity index (χ3n) is 7.86. The van der Waals surface area contributed by atoms with E-state index in [1.54, 1.807) is 46.2 Å². The smallest absolute Gasteiger partial charge is 0.270 e. The number of carbonyl (C=O) groups excluding carboxylic acids is 3. The molecule has 3 amide bonds. The van der Waals surface area contributed by atoms with Gasteiger partial charge in [-0.25, -0.2) is 8.78 Å². The van der Waals surface area contributed by atoms with Crippen LogP contribution in [0, 0.1) is 17.0 Å². The number of piperazine rings is 1. The quantitative estimate of drug-likeness (QED) is 0.367. The van der Waals surface area contributed by atoms with Crippen LogP contribution in [-0.4, -0.2) is 68.7 Å². The van der Waals surface area contributed by atoms with Gasteiger partial charge in [0, 0.05) is 23.9 Å². The minimum Gasteiger partial charge on any atom is -0.348 e. The lowest BCUT2D eigenvalue weighted by Crippen LogP contribution is -2.59. The van der Waals surface area contributed by atoms with E-state index in [0.29, 0.717) is 41.5 Å². The number of aromatic amines is 2. The summed E-state index contributed by atoms with van der Waals surface area (Å²) in [5.41, 5.74) is 0.418. The largest absolute Gasteiger partial charge is 0.348 e. The first kappa shape index (κ1) is 25.1. The summed E-state index contributed by atoms with van der Waals surface area (Å²) in [6.07, 6.45) is 0.637. The summed E-state index contributed by atoms with van der Waals surface area (Å²) in [4.78, 5) is 49.4. The third kappa shape index (κ3) is 4.24. The van der Waals surface area contributed by atoms with Gasteiger partial charge >= 0.3 is 0 Å². The number of H-pyrrole nitrogens is 2. The Kier molecular flexibility index (Phi) is 5.74. The zero-order valence-electron chi connectivity index (χ0n) is 21.8. The molecule has 0 radical (unpaired) electrons. The molecule has 2 aliphatic heterocycles. The molecular weight excluding hydrogens is 504 g/mol. The number of halogens is 2. The van der Waals surface area contributed by atoms with Gasteiger partial charge in [-0.15, -0.1) is 0 Å². The van der Waals surface area contributed by atoms with Crippen molar-refractivity contribution in [2.75, 3.05) is 13.1 Å². The maximum absolute atomic E-state index is 14.1. The van der Waals surface area contributed by atoms with Crippen LogP contribution in [0.3, 0.4) is 0 Å². The van der Waals surface area contributed by atoms with Crippen molar-refractivity contribution in [1.29, 1.82) is 0 Å². The van der Waals surface area contributed by atoms with E-state index < -0.39 is 29.0 Å². The number of rotatable bonds is 4. The van der Waals surface area contributed by atoms with Crippen LogP contribution in [0.25, 0.3) is 21.8 Å². The van der Waals surface area contributed by atoms with E-state index in [0.717, 1.165) is 0 Å². The number of nitrogens with zero attached hydrogens (tertiary/aromatic N) is 2. The minimum atomic E-state index is -0.832. The number of carbonyl (C=O) groups is 3. The molecule has 2 aromatic carbocycles. The molecule has 0 spiro atoms. The maximum atomic E-state index is 14.1. The molecule has 3 atom stereocenters. The van der Waals surface area contributed by atoms with Crippen molar-refractivity contribution >= 4 is 39.5 Å². The van der Waals surface area contributed by atoms with Gasteiger partial charge in [0.2, 0.25) is 5.91 Å². The average molecular weight is 534 g/mol. The zero-order valence-corrected chi connectivity index (χ0v) is 21.8. The first-order valence-corrected chi connectivity index (χ1v) is 13.0. The molecule has 2 saturated heterocycles. The molecule has 3 N–H and O–H groups in total.